The van der Waals surface area contributed by atoms with Gasteiger partial charge in [-0.15, -0.1) is 0 Å². The Hall–Kier alpha value is -3.10. The van der Waals surface area contributed by atoms with E-state index in [9.17, 15) is 9.59 Å². The van der Waals surface area contributed by atoms with Gasteiger partial charge in [0.25, 0.3) is 5.91 Å². The van der Waals surface area contributed by atoms with Crippen molar-refractivity contribution in [2.24, 2.45) is 0 Å². The van der Waals surface area contributed by atoms with Crippen LogP contribution >= 0.6 is 23.8 Å². The highest BCUT2D eigenvalue weighted by molar-refractivity contribution is 7.80. The van der Waals surface area contributed by atoms with Gasteiger partial charge >= 0.3 is 0 Å². The van der Waals surface area contributed by atoms with E-state index in [-0.39, 0.29) is 11.7 Å². The molecule has 2 rings (SSSR count). The van der Waals surface area contributed by atoms with Crippen LogP contribution in [0.15, 0.2) is 54.6 Å². The lowest BCUT2D eigenvalue weighted by atomic mass is 10.2. The zero-order valence-electron chi connectivity index (χ0n) is 14.9. The van der Waals surface area contributed by atoms with Crippen molar-refractivity contribution in [1.82, 2.24) is 16.2 Å². The number of thiocarbonyl (C=S) groups is 1. The van der Waals surface area contributed by atoms with Crippen molar-refractivity contribution in [2.75, 3.05) is 13.7 Å². The van der Waals surface area contributed by atoms with Crippen LogP contribution in [0.2, 0.25) is 5.02 Å². The van der Waals surface area contributed by atoms with Gasteiger partial charge in [-0.05, 0) is 36.5 Å². The molecule has 7 nitrogen and oxygen atoms in total. The number of rotatable bonds is 6. The molecule has 0 saturated carbocycles. The highest BCUT2D eigenvalue weighted by atomic mass is 35.5. The Morgan fingerprint density at radius 1 is 1.07 bits per heavy atom. The molecular formula is C19H18ClN3O4S. The Morgan fingerprint density at radius 2 is 1.75 bits per heavy atom. The lowest BCUT2D eigenvalue weighted by Crippen LogP contribution is -2.49. The van der Waals surface area contributed by atoms with Crippen molar-refractivity contribution in [3.63, 3.8) is 0 Å². The number of hydrogen-bond donors (Lipinski definition) is 3. The molecule has 0 radical (unpaired) electrons. The van der Waals surface area contributed by atoms with Crippen LogP contribution in [0.1, 0.15) is 5.56 Å². The van der Waals surface area contributed by atoms with E-state index < -0.39 is 11.8 Å². The predicted octanol–water partition coefficient (Wildman–Crippen LogP) is 2.46. The van der Waals surface area contributed by atoms with Gasteiger partial charge in [0.05, 0.1) is 12.1 Å². The minimum atomic E-state index is -0.499. The van der Waals surface area contributed by atoms with Crippen LogP contribution in [0.4, 0.5) is 0 Å². The van der Waals surface area contributed by atoms with E-state index >= 15 is 0 Å². The fourth-order valence-electron chi connectivity index (χ4n) is 2.02. The van der Waals surface area contributed by atoms with E-state index in [1.165, 1.54) is 6.08 Å². The largest absolute Gasteiger partial charge is 0.496 e. The summed E-state index contributed by atoms with van der Waals surface area (Å²) in [6.07, 6.45) is 2.89. The molecule has 0 bridgehead atoms. The van der Waals surface area contributed by atoms with E-state index in [0.29, 0.717) is 16.5 Å². The summed E-state index contributed by atoms with van der Waals surface area (Å²) >= 11 is 10.9. The number of amides is 2. The Balaban J connectivity index is 1.74. The number of hydrazine groups is 1. The lowest BCUT2D eigenvalue weighted by molar-refractivity contribution is -0.123. The molecule has 0 fully saturated rings. The van der Waals surface area contributed by atoms with Crippen LogP contribution in [0.3, 0.4) is 0 Å². The smallest absolute Gasteiger partial charge is 0.276 e. The summed E-state index contributed by atoms with van der Waals surface area (Å²) < 4.78 is 10.5. The zero-order valence-corrected chi connectivity index (χ0v) is 16.5. The summed E-state index contributed by atoms with van der Waals surface area (Å²) in [5.41, 5.74) is 5.47. The van der Waals surface area contributed by atoms with Crippen molar-refractivity contribution in [1.29, 1.82) is 0 Å². The molecule has 0 atom stereocenters. The number of ether oxygens (including phenoxy) is 2. The monoisotopic (exact) mass is 419 g/mol. The molecule has 2 aromatic rings. The number of halogens is 1. The second kappa shape index (κ2) is 10.9. The molecule has 0 aliphatic heterocycles. The molecule has 2 amide bonds. The molecule has 28 heavy (non-hydrogen) atoms. The van der Waals surface area contributed by atoms with Crippen LogP contribution in [0.25, 0.3) is 6.08 Å². The van der Waals surface area contributed by atoms with E-state index in [1.54, 1.807) is 49.6 Å². The van der Waals surface area contributed by atoms with Gasteiger partial charge in [-0.2, -0.15) is 0 Å². The molecule has 0 spiro atoms. The first-order valence-corrected chi connectivity index (χ1v) is 8.86. The third-order valence-corrected chi connectivity index (χ3v) is 3.82. The van der Waals surface area contributed by atoms with E-state index in [4.69, 9.17) is 33.3 Å². The minimum absolute atomic E-state index is 0.0687. The summed E-state index contributed by atoms with van der Waals surface area (Å²) in [4.78, 5) is 23.7. The average molecular weight is 420 g/mol. The van der Waals surface area contributed by atoms with Crippen molar-refractivity contribution >= 4 is 46.8 Å². The number of carbonyl (C=O) groups excluding carboxylic acids is 2. The van der Waals surface area contributed by atoms with Crippen LogP contribution in [0, 0.1) is 0 Å². The Morgan fingerprint density at radius 3 is 2.46 bits per heavy atom. The summed E-state index contributed by atoms with van der Waals surface area (Å²) in [7, 11) is 1.55. The number of hydrogen-bond acceptors (Lipinski definition) is 5. The third-order valence-electron chi connectivity index (χ3n) is 3.30. The fourth-order valence-corrected chi connectivity index (χ4v) is 2.36. The van der Waals surface area contributed by atoms with Crippen molar-refractivity contribution in [3.8, 4) is 11.5 Å². The van der Waals surface area contributed by atoms with Gasteiger partial charge < -0.3 is 9.47 Å². The molecule has 0 heterocycles. The number of nitrogens with one attached hydrogen (secondary N) is 3. The van der Waals surface area contributed by atoms with E-state index in [1.807, 2.05) is 12.1 Å². The normalized spacial score (nSPS) is 10.2. The first kappa shape index (κ1) is 21.2. The van der Waals surface area contributed by atoms with Crippen molar-refractivity contribution < 1.29 is 19.1 Å². The van der Waals surface area contributed by atoms with Crippen molar-refractivity contribution in [2.45, 2.75) is 0 Å². The highest BCUT2D eigenvalue weighted by Gasteiger charge is 2.07. The van der Waals surface area contributed by atoms with Crippen LogP contribution in [0.5, 0.6) is 11.5 Å². The van der Waals surface area contributed by atoms with Crippen LogP contribution in [-0.4, -0.2) is 30.6 Å². The van der Waals surface area contributed by atoms with E-state index in [2.05, 4.69) is 16.2 Å². The maximum absolute atomic E-state index is 11.9. The summed E-state index contributed by atoms with van der Waals surface area (Å²) in [6, 6.07) is 14.0. The second-order valence-electron chi connectivity index (χ2n) is 5.29. The molecule has 0 unspecified atom stereocenters. The summed E-state index contributed by atoms with van der Waals surface area (Å²) in [5.74, 6) is 0.0563. The van der Waals surface area contributed by atoms with Gasteiger partial charge in [0.15, 0.2) is 11.7 Å². The Labute approximate surface area is 172 Å². The van der Waals surface area contributed by atoms with Crippen LogP contribution < -0.4 is 25.6 Å². The van der Waals surface area contributed by atoms with Gasteiger partial charge in [-0.25, -0.2) is 0 Å². The third kappa shape index (κ3) is 6.90. The Kier molecular flexibility index (Phi) is 8.26. The molecule has 2 aromatic carbocycles. The van der Waals surface area contributed by atoms with Crippen LogP contribution in [-0.2, 0) is 9.59 Å². The molecule has 0 aromatic heterocycles. The first-order valence-electron chi connectivity index (χ1n) is 8.08. The van der Waals surface area contributed by atoms with Gasteiger partial charge in [-0.3, -0.25) is 25.8 Å². The molecular weight excluding hydrogens is 402 g/mol. The second-order valence-corrected chi connectivity index (χ2v) is 6.10. The highest BCUT2D eigenvalue weighted by Crippen LogP contribution is 2.22. The standard InChI is InChI=1S/C19H18ClN3O4S/c1-26-15-8-4-2-6-13(15)10-11-17(24)21-19(28)23-22-18(25)12-27-16-9-5-3-7-14(16)20/h2-11H,12H2,1H3,(H,22,25)(H2,21,23,24,28)/b11-10+. The quantitative estimate of drug-likeness (QED) is 0.378. The average Bonchev–Trinajstić information content (AvgIpc) is 2.70. The first-order chi connectivity index (χ1) is 13.5. The maximum atomic E-state index is 11.9. The van der Waals surface area contributed by atoms with Gasteiger partial charge in [0, 0.05) is 11.6 Å². The number of methoxy groups -OCH3 is 1. The SMILES string of the molecule is COc1ccccc1/C=C/C(=O)NC(=S)NNC(=O)COc1ccccc1Cl. The summed E-state index contributed by atoms with van der Waals surface area (Å²) in [6.45, 7) is -0.277. The zero-order chi connectivity index (χ0) is 20.4. The summed E-state index contributed by atoms with van der Waals surface area (Å²) in [5, 5.41) is 2.73. The number of carbonyl (C=O) groups is 2. The van der Waals surface area contributed by atoms with Crippen molar-refractivity contribution in [3.05, 3.63) is 65.2 Å². The molecule has 0 aliphatic carbocycles. The topological polar surface area (TPSA) is 88.7 Å². The van der Waals surface area contributed by atoms with Gasteiger partial charge in [-0.1, -0.05) is 41.9 Å². The molecule has 0 saturated heterocycles. The predicted molar refractivity (Wildman–Crippen MR) is 111 cm³/mol. The Bertz CT molecular complexity index is 889. The fraction of sp³-hybridized carbons (Fsp3) is 0.105. The minimum Gasteiger partial charge on any atom is -0.496 e. The van der Waals surface area contributed by atoms with E-state index in [0.717, 1.165) is 5.56 Å². The lowest BCUT2D eigenvalue weighted by Gasteiger charge is -2.11. The molecule has 3 N–H and O–H groups in total. The van der Waals surface area contributed by atoms with Gasteiger partial charge in [0.2, 0.25) is 5.91 Å². The maximum Gasteiger partial charge on any atom is 0.276 e. The molecule has 146 valence electrons. The number of benzene rings is 2. The molecule has 9 heteroatoms. The number of para-hydroxylation sites is 2. The van der Waals surface area contributed by atoms with Gasteiger partial charge in [0.1, 0.15) is 11.5 Å². The molecule has 0 aliphatic rings.